The molecular weight excluding hydrogens is 138 g/mol. The molecule has 0 spiro atoms. The van der Waals surface area contributed by atoms with Gasteiger partial charge in [0.25, 0.3) is 0 Å². The Labute approximate surface area is 65.8 Å². The van der Waals surface area contributed by atoms with Crippen LogP contribution in [-0.2, 0) is 0 Å². The van der Waals surface area contributed by atoms with E-state index in [4.69, 9.17) is 0 Å². The summed E-state index contributed by atoms with van der Waals surface area (Å²) in [7, 11) is 0. The van der Waals surface area contributed by atoms with Crippen LogP contribution >= 0.6 is 0 Å². The van der Waals surface area contributed by atoms with E-state index >= 15 is 0 Å². The van der Waals surface area contributed by atoms with E-state index in [1.165, 1.54) is 6.42 Å². The summed E-state index contributed by atoms with van der Waals surface area (Å²) in [5.41, 5.74) is 1.12. The maximum absolute atomic E-state index is 4.07. The Hall–Kier alpha value is -0.960. The molecule has 0 aliphatic carbocycles. The van der Waals surface area contributed by atoms with E-state index < -0.39 is 0 Å². The van der Waals surface area contributed by atoms with Crippen LogP contribution in [0.15, 0.2) is 18.3 Å². The van der Waals surface area contributed by atoms with Crippen LogP contribution in [0.4, 0.5) is 0 Å². The molecule has 2 rings (SSSR count). The molecule has 3 heteroatoms. The van der Waals surface area contributed by atoms with Gasteiger partial charge in [0.05, 0.1) is 5.69 Å². The van der Waals surface area contributed by atoms with Crippen LogP contribution in [0.5, 0.6) is 0 Å². The third kappa shape index (κ3) is 1.38. The van der Waals surface area contributed by atoms with Gasteiger partial charge in [0, 0.05) is 18.7 Å². The quantitative estimate of drug-likeness (QED) is 0.633. The normalized spacial score (nSPS) is 23.8. The van der Waals surface area contributed by atoms with E-state index in [1.807, 2.05) is 12.1 Å². The van der Waals surface area contributed by atoms with Crippen molar-refractivity contribution in [2.75, 3.05) is 13.1 Å². The fourth-order valence-electron chi connectivity index (χ4n) is 1.44. The number of rotatable bonds is 1. The van der Waals surface area contributed by atoms with Crippen molar-refractivity contribution >= 4 is 0 Å². The molecule has 1 atom stereocenters. The molecule has 1 N–H and O–H groups in total. The molecule has 1 fully saturated rings. The molecule has 3 nitrogen and oxygen atoms in total. The average Bonchev–Trinajstić information content (AvgIpc) is 2.58. The van der Waals surface area contributed by atoms with E-state index in [2.05, 4.69) is 15.5 Å². The highest BCUT2D eigenvalue weighted by Crippen LogP contribution is 2.18. The summed E-state index contributed by atoms with van der Waals surface area (Å²) in [6.07, 6.45) is 2.91. The van der Waals surface area contributed by atoms with Crippen LogP contribution in [0.1, 0.15) is 18.0 Å². The first kappa shape index (κ1) is 6.73. The third-order valence-corrected chi connectivity index (χ3v) is 2.07. The van der Waals surface area contributed by atoms with Gasteiger partial charge in [0.15, 0.2) is 0 Å². The zero-order valence-electron chi connectivity index (χ0n) is 6.33. The second-order valence-corrected chi connectivity index (χ2v) is 2.84. The molecule has 11 heavy (non-hydrogen) atoms. The molecule has 1 aromatic rings. The Morgan fingerprint density at radius 3 is 3.18 bits per heavy atom. The van der Waals surface area contributed by atoms with Gasteiger partial charge in [-0.3, -0.25) is 0 Å². The first-order valence-electron chi connectivity index (χ1n) is 3.95. The van der Waals surface area contributed by atoms with Gasteiger partial charge in [-0.1, -0.05) is 0 Å². The molecule has 1 saturated heterocycles. The Morgan fingerprint density at radius 2 is 2.55 bits per heavy atom. The zero-order valence-corrected chi connectivity index (χ0v) is 6.33. The topological polar surface area (TPSA) is 37.8 Å². The largest absolute Gasteiger partial charge is 0.316 e. The average molecular weight is 149 g/mol. The lowest BCUT2D eigenvalue weighted by Gasteiger charge is -2.04. The van der Waals surface area contributed by atoms with Crippen LogP contribution < -0.4 is 5.32 Å². The van der Waals surface area contributed by atoms with Crippen LogP contribution in [-0.4, -0.2) is 23.3 Å². The second-order valence-electron chi connectivity index (χ2n) is 2.84. The molecule has 2 heterocycles. The van der Waals surface area contributed by atoms with Crippen molar-refractivity contribution in [3.05, 3.63) is 24.0 Å². The van der Waals surface area contributed by atoms with Gasteiger partial charge in [-0.2, -0.15) is 10.2 Å². The first-order chi connectivity index (χ1) is 5.47. The molecule has 1 aliphatic rings. The van der Waals surface area contributed by atoms with Crippen molar-refractivity contribution in [2.45, 2.75) is 12.3 Å². The van der Waals surface area contributed by atoms with Gasteiger partial charge < -0.3 is 5.32 Å². The Bertz CT molecular complexity index is 216. The van der Waals surface area contributed by atoms with Gasteiger partial charge >= 0.3 is 0 Å². The van der Waals surface area contributed by atoms with E-state index in [9.17, 15) is 0 Å². The van der Waals surface area contributed by atoms with E-state index in [1.54, 1.807) is 6.20 Å². The summed E-state index contributed by atoms with van der Waals surface area (Å²) in [5, 5.41) is 11.2. The Morgan fingerprint density at radius 1 is 1.55 bits per heavy atom. The van der Waals surface area contributed by atoms with Crippen LogP contribution in [0, 0.1) is 0 Å². The zero-order chi connectivity index (χ0) is 7.52. The predicted molar refractivity (Wildman–Crippen MR) is 42.3 cm³/mol. The highest BCUT2D eigenvalue weighted by molar-refractivity contribution is 5.08. The molecule has 0 aromatic carbocycles. The van der Waals surface area contributed by atoms with Crippen LogP contribution in [0.25, 0.3) is 0 Å². The maximum atomic E-state index is 4.07. The monoisotopic (exact) mass is 149 g/mol. The number of hydrogen-bond acceptors (Lipinski definition) is 3. The molecule has 0 amide bonds. The van der Waals surface area contributed by atoms with Crippen LogP contribution in [0.3, 0.4) is 0 Å². The lowest BCUT2D eigenvalue weighted by molar-refractivity contribution is 0.714. The lowest BCUT2D eigenvalue weighted by atomic mass is 10.1. The summed E-state index contributed by atoms with van der Waals surface area (Å²) in [4.78, 5) is 0. The van der Waals surface area contributed by atoms with Crippen molar-refractivity contribution in [3.63, 3.8) is 0 Å². The first-order valence-corrected chi connectivity index (χ1v) is 3.95. The number of hydrogen-bond donors (Lipinski definition) is 1. The summed E-state index contributed by atoms with van der Waals surface area (Å²) in [5.74, 6) is 0.587. The minimum absolute atomic E-state index is 0.587. The lowest BCUT2D eigenvalue weighted by Crippen LogP contribution is -2.09. The molecular formula is C8H11N3. The third-order valence-electron chi connectivity index (χ3n) is 2.07. The summed E-state index contributed by atoms with van der Waals surface area (Å²) >= 11 is 0. The Kier molecular flexibility index (Phi) is 1.81. The van der Waals surface area contributed by atoms with Gasteiger partial charge in [0.2, 0.25) is 0 Å². The minimum Gasteiger partial charge on any atom is -0.316 e. The maximum Gasteiger partial charge on any atom is 0.0675 e. The van der Waals surface area contributed by atoms with Crippen molar-refractivity contribution in [2.24, 2.45) is 0 Å². The van der Waals surface area contributed by atoms with Gasteiger partial charge in [-0.05, 0) is 25.1 Å². The summed E-state index contributed by atoms with van der Waals surface area (Å²) in [6, 6.07) is 3.99. The predicted octanol–water partition coefficient (Wildman–Crippen LogP) is 0.554. The van der Waals surface area contributed by atoms with Gasteiger partial charge in [0.1, 0.15) is 0 Å². The second kappa shape index (κ2) is 2.96. The van der Waals surface area contributed by atoms with Crippen LogP contribution in [0.2, 0.25) is 0 Å². The molecule has 0 saturated carbocycles. The summed E-state index contributed by atoms with van der Waals surface area (Å²) < 4.78 is 0. The molecule has 1 aliphatic heterocycles. The van der Waals surface area contributed by atoms with E-state index in [0.717, 1.165) is 18.8 Å². The standard InChI is InChI=1S/C8H11N3/c1-2-8(11-10-4-1)7-3-5-9-6-7/h1-2,4,7,9H,3,5-6H2. The van der Waals surface area contributed by atoms with Crippen molar-refractivity contribution in [3.8, 4) is 0 Å². The molecule has 0 radical (unpaired) electrons. The van der Waals surface area contributed by atoms with Gasteiger partial charge in [-0.15, -0.1) is 0 Å². The highest BCUT2D eigenvalue weighted by Gasteiger charge is 2.17. The molecule has 1 unspecified atom stereocenters. The van der Waals surface area contributed by atoms with Crippen molar-refractivity contribution < 1.29 is 0 Å². The SMILES string of the molecule is c1cnnc(C2CCNC2)c1. The van der Waals surface area contributed by atoms with Crippen molar-refractivity contribution in [1.82, 2.24) is 15.5 Å². The number of nitrogens with zero attached hydrogens (tertiary/aromatic N) is 2. The minimum atomic E-state index is 0.587. The molecule has 0 bridgehead atoms. The van der Waals surface area contributed by atoms with E-state index in [0.29, 0.717) is 5.92 Å². The van der Waals surface area contributed by atoms with E-state index in [-0.39, 0.29) is 0 Å². The molecule has 1 aromatic heterocycles. The number of aromatic nitrogens is 2. The fraction of sp³-hybridized carbons (Fsp3) is 0.500. The van der Waals surface area contributed by atoms with Crippen molar-refractivity contribution in [1.29, 1.82) is 0 Å². The summed E-state index contributed by atoms with van der Waals surface area (Å²) in [6.45, 7) is 2.17. The van der Waals surface area contributed by atoms with Gasteiger partial charge in [-0.25, -0.2) is 0 Å². The number of nitrogens with one attached hydrogen (secondary N) is 1. The fourth-order valence-corrected chi connectivity index (χ4v) is 1.44. The smallest absolute Gasteiger partial charge is 0.0675 e. The molecule has 58 valence electrons. The highest BCUT2D eigenvalue weighted by atomic mass is 15.1. The Balaban J connectivity index is 2.16.